The predicted molar refractivity (Wildman–Crippen MR) is 111 cm³/mol. The van der Waals surface area contributed by atoms with Gasteiger partial charge in [0.05, 0.1) is 37.7 Å². The first-order chi connectivity index (χ1) is 12.9. The van der Waals surface area contributed by atoms with Crippen LogP contribution in [0.25, 0.3) is 27.5 Å². The van der Waals surface area contributed by atoms with Gasteiger partial charge < -0.3 is 14.9 Å². The molecule has 0 aliphatic heterocycles. The van der Waals surface area contributed by atoms with Gasteiger partial charge in [-0.25, -0.2) is 9.97 Å². The summed E-state index contributed by atoms with van der Waals surface area (Å²) in [5.74, 6) is 0.978. The van der Waals surface area contributed by atoms with E-state index in [1.54, 1.807) is 35.8 Å². The molecule has 0 spiro atoms. The fourth-order valence-electron chi connectivity index (χ4n) is 2.97. The lowest BCUT2D eigenvalue weighted by Gasteiger charge is -2.10. The van der Waals surface area contributed by atoms with E-state index >= 15 is 0 Å². The maximum absolute atomic E-state index is 12.7. The van der Waals surface area contributed by atoms with Crippen LogP contribution in [0.5, 0.6) is 0 Å². The number of para-hydroxylation sites is 1. The fourth-order valence-corrected chi connectivity index (χ4v) is 3.46. The highest BCUT2D eigenvalue weighted by Gasteiger charge is 2.16. The Kier molecular flexibility index (Phi) is 4.17. The van der Waals surface area contributed by atoms with Crippen LogP contribution in [0.15, 0.2) is 41.7 Å². The van der Waals surface area contributed by atoms with Crippen LogP contribution in [0.1, 0.15) is 12.7 Å². The van der Waals surface area contributed by atoms with Gasteiger partial charge in [0.1, 0.15) is 5.82 Å². The van der Waals surface area contributed by atoms with E-state index in [1.165, 1.54) is 0 Å². The molecule has 4 aromatic rings. The molecular formula is C19H15Cl2N5O. The summed E-state index contributed by atoms with van der Waals surface area (Å²) in [5.41, 5.74) is 2.91. The van der Waals surface area contributed by atoms with E-state index in [0.29, 0.717) is 55.0 Å². The van der Waals surface area contributed by atoms with E-state index in [1.807, 2.05) is 13.1 Å². The number of nitrogens with zero attached hydrogens (tertiary/aromatic N) is 3. The van der Waals surface area contributed by atoms with Crippen molar-refractivity contribution in [1.29, 1.82) is 0 Å². The second-order valence-electron chi connectivity index (χ2n) is 6.24. The summed E-state index contributed by atoms with van der Waals surface area (Å²) in [6.45, 7) is 5.63. The van der Waals surface area contributed by atoms with Crippen molar-refractivity contribution in [3.05, 3.63) is 63.1 Å². The second kappa shape index (κ2) is 6.40. The van der Waals surface area contributed by atoms with Gasteiger partial charge >= 0.3 is 0 Å². The molecule has 4 rings (SSSR count). The molecule has 2 heterocycles. The van der Waals surface area contributed by atoms with Crippen molar-refractivity contribution in [2.75, 3.05) is 5.32 Å². The number of aromatic nitrogens is 4. The zero-order valence-electron chi connectivity index (χ0n) is 14.6. The maximum atomic E-state index is 12.7. The highest BCUT2D eigenvalue weighted by atomic mass is 35.5. The molecule has 2 aromatic carbocycles. The number of fused-ring (bicyclic) bond motifs is 3. The third-order valence-electron chi connectivity index (χ3n) is 4.31. The third-order valence-corrected chi connectivity index (χ3v) is 4.94. The van der Waals surface area contributed by atoms with Gasteiger partial charge in [0.2, 0.25) is 5.95 Å². The minimum atomic E-state index is -0.242. The molecule has 0 saturated carbocycles. The number of H-pyrrole nitrogens is 1. The van der Waals surface area contributed by atoms with Crippen molar-refractivity contribution in [1.82, 2.24) is 19.5 Å². The highest BCUT2D eigenvalue weighted by molar-refractivity contribution is 6.39. The maximum Gasteiger partial charge on any atom is 0.261 e. The van der Waals surface area contributed by atoms with Gasteiger partial charge in [-0.1, -0.05) is 35.8 Å². The Balaban J connectivity index is 1.95. The van der Waals surface area contributed by atoms with Crippen LogP contribution in [0, 0.1) is 0 Å². The van der Waals surface area contributed by atoms with Crippen molar-refractivity contribution >= 4 is 62.3 Å². The van der Waals surface area contributed by atoms with Crippen LogP contribution in [-0.4, -0.2) is 19.5 Å². The number of halogens is 2. The number of anilines is 2. The highest BCUT2D eigenvalue weighted by Crippen LogP contribution is 2.33. The lowest BCUT2D eigenvalue weighted by molar-refractivity contribution is 0.960. The second-order valence-corrected chi connectivity index (χ2v) is 7.05. The molecule has 6 nitrogen and oxygen atoms in total. The summed E-state index contributed by atoms with van der Waals surface area (Å²) in [6.07, 6.45) is 0. The quantitative estimate of drug-likeness (QED) is 0.513. The van der Waals surface area contributed by atoms with Gasteiger partial charge in [-0.3, -0.25) is 4.79 Å². The SMILES string of the molecule is C=C(C)c1nc2ccc3nc(Nc4c(Cl)cccc4Cl)n(C)c3c2c(=O)[nH]1. The van der Waals surface area contributed by atoms with Crippen LogP contribution >= 0.6 is 23.2 Å². The number of rotatable bonds is 3. The Bertz CT molecular complexity index is 1270. The van der Waals surface area contributed by atoms with Crippen LogP contribution < -0.4 is 10.9 Å². The first-order valence-corrected chi connectivity index (χ1v) is 8.89. The summed E-state index contributed by atoms with van der Waals surface area (Å²) in [7, 11) is 1.81. The molecule has 0 unspecified atom stereocenters. The van der Waals surface area contributed by atoms with E-state index in [4.69, 9.17) is 23.2 Å². The molecule has 27 heavy (non-hydrogen) atoms. The minimum Gasteiger partial charge on any atom is -0.323 e. The van der Waals surface area contributed by atoms with Crippen molar-refractivity contribution < 1.29 is 0 Å². The fraction of sp³-hybridized carbons (Fsp3) is 0.105. The van der Waals surface area contributed by atoms with Crippen LogP contribution in [0.3, 0.4) is 0 Å². The summed E-state index contributed by atoms with van der Waals surface area (Å²) in [5, 5.41) is 4.57. The van der Waals surface area contributed by atoms with Crippen LogP contribution in [0.2, 0.25) is 10.0 Å². The van der Waals surface area contributed by atoms with E-state index < -0.39 is 0 Å². The molecule has 8 heteroatoms. The Hall–Kier alpha value is -2.83. The average molecular weight is 400 g/mol. The molecule has 0 amide bonds. The number of nitrogens with one attached hydrogen (secondary N) is 2. The van der Waals surface area contributed by atoms with Crippen LogP contribution in [0.4, 0.5) is 11.6 Å². The Morgan fingerprint density at radius 1 is 1.15 bits per heavy atom. The summed E-state index contributed by atoms with van der Waals surface area (Å²) in [4.78, 5) is 24.5. The molecular weight excluding hydrogens is 385 g/mol. The average Bonchev–Trinajstić information content (AvgIpc) is 2.94. The van der Waals surface area contributed by atoms with E-state index in [0.717, 1.165) is 0 Å². The Morgan fingerprint density at radius 2 is 1.81 bits per heavy atom. The molecule has 0 fully saturated rings. The molecule has 0 aliphatic rings. The van der Waals surface area contributed by atoms with Gasteiger partial charge in [-0.2, -0.15) is 0 Å². The zero-order valence-corrected chi connectivity index (χ0v) is 16.1. The third kappa shape index (κ3) is 2.87. The minimum absolute atomic E-state index is 0.242. The number of benzene rings is 2. The molecule has 0 saturated heterocycles. The first kappa shape index (κ1) is 17.6. The number of hydrogen-bond donors (Lipinski definition) is 2. The lowest BCUT2D eigenvalue weighted by Crippen LogP contribution is -2.12. The van der Waals surface area contributed by atoms with Crippen molar-refractivity contribution in [2.24, 2.45) is 7.05 Å². The smallest absolute Gasteiger partial charge is 0.261 e. The molecule has 2 aromatic heterocycles. The summed E-state index contributed by atoms with van der Waals surface area (Å²) >= 11 is 12.5. The Morgan fingerprint density at radius 3 is 2.48 bits per heavy atom. The molecule has 0 aliphatic carbocycles. The van der Waals surface area contributed by atoms with Gasteiger partial charge in [0, 0.05) is 7.05 Å². The standard InChI is InChI=1S/C19H15Cl2N5O/c1-9(2)17-22-12-7-8-13-16(14(12)18(27)25-17)26(3)19(23-13)24-15-10(20)5-4-6-11(15)21/h4-8H,1H2,2-3H3,(H,23,24)(H,22,25,27). The number of imidazole rings is 1. The van der Waals surface area contributed by atoms with E-state index in [2.05, 4.69) is 26.8 Å². The van der Waals surface area contributed by atoms with E-state index in [-0.39, 0.29) is 5.56 Å². The summed E-state index contributed by atoms with van der Waals surface area (Å²) in [6, 6.07) is 8.84. The molecule has 2 N–H and O–H groups in total. The largest absolute Gasteiger partial charge is 0.323 e. The molecule has 0 atom stereocenters. The van der Waals surface area contributed by atoms with Gasteiger partial charge in [0.25, 0.3) is 5.56 Å². The number of allylic oxidation sites excluding steroid dienone is 1. The zero-order chi connectivity index (χ0) is 19.3. The predicted octanol–water partition coefficient (Wildman–Crippen LogP) is 4.89. The van der Waals surface area contributed by atoms with Gasteiger partial charge in [0.15, 0.2) is 0 Å². The number of aromatic amines is 1. The normalized spacial score (nSPS) is 11.3. The van der Waals surface area contributed by atoms with Crippen molar-refractivity contribution in [2.45, 2.75) is 6.92 Å². The molecule has 0 bridgehead atoms. The van der Waals surface area contributed by atoms with Crippen molar-refractivity contribution in [3.8, 4) is 0 Å². The van der Waals surface area contributed by atoms with E-state index in [9.17, 15) is 4.79 Å². The van der Waals surface area contributed by atoms with Crippen molar-refractivity contribution in [3.63, 3.8) is 0 Å². The molecule has 0 radical (unpaired) electrons. The number of hydrogen-bond acceptors (Lipinski definition) is 4. The monoisotopic (exact) mass is 399 g/mol. The van der Waals surface area contributed by atoms with Gasteiger partial charge in [-0.05, 0) is 36.8 Å². The number of aryl methyl sites for hydroxylation is 1. The topological polar surface area (TPSA) is 75.6 Å². The molecule has 136 valence electrons. The lowest BCUT2D eigenvalue weighted by atomic mass is 10.2. The summed E-state index contributed by atoms with van der Waals surface area (Å²) < 4.78 is 1.79. The Labute approximate surface area is 164 Å². The first-order valence-electron chi connectivity index (χ1n) is 8.13. The van der Waals surface area contributed by atoms with Crippen LogP contribution in [-0.2, 0) is 7.05 Å². The van der Waals surface area contributed by atoms with Gasteiger partial charge in [-0.15, -0.1) is 0 Å².